The lowest BCUT2D eigenvalue weighted by molar-refractivity contribution is -0.162. The molecule has 48 heavy (non-hydrogen) atoms. The van der Waals surface area contributed by atoms with Gasteiger partial charge >= 0.3 is 11.9 Å². The number of ether oxygens (including phenoxy) is 2. The van der Waals surface area contributed by atoms with Crippen LogP contribution < -0.4 is 0 Å². The molecule has 0 aliphatic rings. The third-order valence-electron chi connectivity index (χ3n) is 10.5. The SMILES string of the molecule is CC(C)CCCC(C)CCCC(C)CCCC(C)CC(=O)OCC(CO)OC(=O)CC(C)CCCC(C)CCCC(C)CCCC(C)C. The Morgan fingerprint density at radius 3 is 1.04 bits per heavy atom. The first-order valence-electron chi connectivity index (χ1n) is 20.7. The molecule has 1 N–H and O–H groups in total. The lowest BCUT2D eigenvalue weighted by atomic mass is 9.91. The number of aliphatic hydroxyl groups is 1. The van der Waals surface area contributed by atoms with Crippen molar-refractivity contribution in [3.05, 3.63) is 0 Å². The molecule has 0 radical (unpaired) electrons. The lowest BCUT2D eigenvalue weighted by Gasteiger charge is -2.19. The fourth-order valence-electron chi connectivity index (χ4n) is 6.96. The number of esters is 2. The van der Waals surface area contributed by atoms with E-state index in [1.807, 2.05) is 0 Å². The molecule has 286 valence electrons. The summed E-state index contributed by atoms with van der Waals surface area (Å²) in [6.45, 7) is 22.5. The van der Waals surface area contributed by atoms with E-state index in [9.17, 15) is 14.7 Å². The van der Waals surface area contributed by atoms with E-state index in [-0.39, 0.29) is 37.0 Å². The summed E-state index contributed by atoms with van der Waals surface area (Å²) in [5.41, 5.74) is 0. The largest absolute Gasteiger partial charge is 0.462 e. The Bertz CT molecular complexity index is 764. The zero-order valence-corrected chi connectivity index (χ0v) is 33.8. The van der Waals surface area contributed by atoms with E-state index in [0.29, 0.717) is 12.8 Å². The number of carbonyl (C=O) groups is 2. The van der Waals surface area contributed by atoms with Crippen LogP contribution in [0.4, 0.5) is 0 Å². The summed E-state index contributed by atoms with van der Waals surface area (Å²) >= 11 is 0. The van der Waals surface area contributed by atoms with Gasteiger partial charge in [0.1, 0.15) is 6.61 Å². The second-order valence-corrected chi connectivity index (χ2v) is 17.4. The number of aliphatic hydroxyl groups excluding tert-OH is 1. The van der Waals surface area contributed by atoms with E-state index in [2.05, 4.69) is 69.2 Å². The van der Waals surface area contributed by atoms with Gasteiger partial charge in [-0.05, 0) is 47.3 Å². The van der Waals surface area contributed by atoms with Crippen LogP contribution in [0.1, 0.15) is 198 Å². The molecule has 5 nitrogen and oxygen atoms in total. The first kappa shape index (κ1) is 46.9. The molecule has 5 heteroatoms. The minimum atomic E-state index is -0.796. The highest BCUT2D eigenvalue weighted by molar-refractivity contribution is 5.70. The number of hydrogen-bond donors (Lipinski definition) is 1. The van der Waals surface area contributed by atoms with E-state index in [1.54, 1.807) is 0 Å². The third-order valence-corrected chi connectivity index (χ3v) is 10.5. The number of carbonyl (C=O) groups excluding carboxylic acids is 2. The van der Waals surface area contributed by atoms with Crippen molar-refractivity contribution in [2.24, 2.45) is 47.3 Å². The van der Waals surface area contributed by atoms with Gasteiger partial charge in [0.25, 0.3) is 0 Å². The Labute approximate surface area is 299 Å². The highest BCUT2D eigenvalue weighted by Gasteiger charge is 2.20. The Balaban J connectivity index is 4.03. The van der Waals surface area contributed by atoms with E-state index < -0.39 is 6.10 Å². The average Bonchev–Trinajstić information content (AvgIpc) is 2.98. The molecule has 0 bridgehead atoms. The number of rotatable bonds is 32. The van der Waals surface area contributed by atoms with E-state index >= 15 is 0 Å². The summed E-state index contributed by atoms with van der Waals surface area (Å²) in [5.74, 6) is 4.64. The summed E-state index contributed by atoms with van der Waals surface area (Å²) in [6, 6.07) is 0. The number of hydrogen-bond acceptors (Lipinski definition) is 5. The Hall–Kier alpha value is -1.10. The molecule has 0 heterocycles. The van der Waals surface area contributed by atoms with Crippen molar-refractivity contribution in [2.75, 3.05) is 13.2 Å². The second kappa shape index (κ2) is 29.6. The van der Waals surface area contributed by atoms with Crippen LogP contribution in [0.15, 0.2) is 0 Å². The molecule has 0 spiro atoms. The molecule has 0 aromatic carbocycles. The molecule has 0 aromatic rings. The van der Waals surface area contributed by atoms with Crippen molar-refractivity contribution >= 4 is 11.9 Å². The minimum absolute atomic E-state index is 0.0804. The van der Waals surface area contributed by atoms with Crippen LogP contribution in [0.25, 0.3) is 0 Å². The zero-order valence-electron chi connectivity index (χ0n) is 33.8. The van der Waals surface area contributed by atoms with E-state index in [1.165, 1.54) is 89.9 Å². The van der Waals surface area contributed by atoms with Gasteiger partial charge in [0.2, 0.25) is 0 Å². The molecule has 0 fully saturated rings. The molecular weight excluding hydrogens is 596 g/mol. The highest BCUT2D eigenvalue weighted by Crippen LogP contribution is 2.24. The molecule has 0 saturated carbocycles. The molecule has 7 unspecified atom stereocenters. The Morgan fingerprint density at radius 2 is 0.729 bits per heavy atom. The predicted molar refractivity (Wildman–Crippen MR) is 205 cm³/mol. The third kappa shape index (κ3) is 29.8. The van der Waals surface area contributed by atoms with Gasteiger partial charge in [0.05, 0.1) is 6.61 Å². The average molecular weight is 681 g/mol. The highest BCUT2D eigenvalue weighted by atomic mass is 16.6. The normalized spacial score (nSPS) is 16.4. The van der Waals surface area contributed by atoms with Gasteiger partial charge in [0.15, 0.2) is 6.10 Å². The molecule has 0 aliphatic carbocycles. The quantitative estimate of drug-likeness (QED) is 0.0716. The van der Waals surface area contributed by atoms with Gasteiger partial charge in [-0.2, -0.15) is 0 Å². The predicted octanol–water partition coefficient (Wildman–Crippen LogP) is 12.4. The van der Waals surface area contributed by atoms with Crippen molar-refractivity contribution in [1.29, 1.82) is 0 Å². The smallest absolute Gasteiger partial charge is 0.306 e. The van der Waals surface area contributed by atoms with Crippen molar-refractivity contribution in [2.45, 2.75) is 204 Å². The summed E-state index contributed by atoms with van der Waals surface area (Å²) in [6.07, 6.45) is 22.6. The van der Waals surface area contributed by atoms with E-state index in [0.717, 1.165) is 61.2 Å². The fraction of sp³-hybridized carbons (Fsp3) is 0.953. The van der Waals surface area contributed by atoms with Crippen LogP contribution in [0, 0.1) is 47.3 Å². The molecule has 0 saturated heterocycles. The molecule has 0 aliphatic heterocycles. The molecule has 0 aromatic heterocycles. The van der Waals surface area contributed by atoms with Gasteiger partial charge < -0.3 is 14.6 Å². The molecule has 7 atom stereocenters. The summed E-state index contributed by atoms with van der Waals surface area (Å²) < 4.78 is 10.9. The van der Waals surface area contributed by atoms with Crippen LogP contribution in [-0.4, -0.2) is 36.4 Å². The Kier molecular flexibility index (Phi) is 28.9. The van der Waals surface area contributed by atoms with Crippen molar-refractivity contribution in [3.8, 4) is 0 Å². The van der Waals surface area contributed by atoms with Crippen LogP contribution in [0.2, 0.25) is 0 Å². The van der Waals surface area contributed by atoms with Gasteiger partial charge in [-0.15, -0.1) is 0 Å². The van der Waals surface area contributed by atoms with Gasteiger partial charge in [0, 0.05) is 12.8 Å². The lowest BCUT2D eigenvalue weighted by Crippen LogP contribution is -2.29. The first-order valence-corrected chi connectivity index (χ1v) is 20.7. The maximum Gasteiger partial charge on any atom is 0.306 e. The molecular formula is C43H84O5. The van der Waals surface area contributed by atoms with Crippen molar-refractivity contribution in [3.63, 3.8) is 0 Å². The fourth-order valence-corrected chi connectivity index (χ4v) is 6.96. The van der Waals surface area contributed by atoms with Crippen LogP contribution in [0.3, 0.4) is 0 Å². The Morgan fingerprint density at radius 1 is 0.438 bits per heavy atom. The van der Waals surface area contributed by atoms with Gasteiger partial charge in [-0.25, -0.2) is 0 Å². The van der Waals surface area contributed by atoms with Crippen LogP contribution >= 0.6 is 0 Å². The minimum Gasteiger partial charge on any atom is -0.462 e. The monoisotopic (exact) mass is 681 g/mol. The first-order chi connectivity index (χ1) is 22.7. The second-order valence-electron chi connectivity index (χ2n) is 17.4. The van der Waals surface area contributed by atoms with Crippen molar-refractivity contribution in [1.82, 2.24) is 0 Å². The summed E-state index contributed by atoms with van der Waals surface area (Å²) in [5, 5.41) is 9.73. The zero-order chi connectivity index (χ0) is 36.3. The van der Waals surface area contributed by atoms with Gasteiger partial charge in [-0.1, -0.05) is 185 Å². The van der Waals surface area contributed by atoms with Gasteiger partial charge in [-0.3, -0.25) is 9.59 Å². The summed E-state index contributed by atoms with van der Waals surface area (Å²) in [4.78, 5) is 25.0. The van der Waals surface area contributed by atoms with Crippen LogP contribution in [-0.2, 0) is 19.1 Å². The maximum atomic E-state index is 12.5. The standard InChI is InChI=1S/C43H84O5/c1-33(2)17-11-19-35(5)21-13-23-37(7)25-15-27-39(9)29-42(45)47-32-41(31-44)48-43(46)30-40(10)28-16-26-38(8)24-14-22-36(6)20-12-18-34(3)4/h33-41,44H,11-32H2,1-10H3. The van der Waals surface area contributed by atoms with E-state index in [4.69, 9.17) is 9.47 Å². The topological polar surface area (TPSA) is 72.8 Å². The van der Waals surface area contributed by atoms with Crippen LogP contribution in [0.5, 0.6) is 0 Å². The van der Waals surface area contributed by atoms with Crippen molar-refractivity contribution < 1.29 is 24.2 Å². The molecule has 0 amide bonds. The maximum absolute atomic E-state index is 12.5. The molecule has 0 rings (SSSR count). The summed E-state index contributed by atoms with van der Waals surface area (Å²) in [7, 11) is 0.